The molecular formula is C19H19N3OS. The molecule has 0 radical (unpaired) electrons. The van der Waals surface area contributed by atoms with Crippen molar-refractivity contribution in [2.45, 2.75) is 20.4 Å². The predicted molar refractivity (Wildman–Crippen MR) is 99.3 cm³/mol. The quantitative estimate of drug-likeness (QED) is 0.722. The van der Waals surface area contributed by atoms with E-state index in [9.17, 15) is 4.79 Å². The summed E-state index contributed by atoms with van der Waals surface area (Å²) in [4.78, 5) is 17.7. The van der Waals surface area contributed by atoms with Crippen molar-refractivity contribution < 1.29 is 4.79 Å². The van der Waals surface area contributed by atoms with Crippen LogP contribution in [0.3, 0.4) is 0 Å². The Balaban J connectivity index is 1.62. The number of thiazole rings is 1. The number of rotatable bonds is 4. The molecule has 2 amide bonds. The van der Waals surface area contributed by atoms with Gasteiger partial charge in [-0.05, 0) is 31.5 Å². The number of benzene rings is 2. The molecule has 4 nitrogen and oxygen atoms in total. The summed E-state index contributed by atoms with van der Waals surface area (Å²) in [5.41, 5.74) is 3.95. The van der Waals surface area contributed by atoms with E-state index in [1.807, 2.05) is 68.4 Å². The van der Waals surface area contributed by atoms with Crippen molar-refractivity contribution in [2.24, 2.45) is 0 Å². The van der Waals surface area contributed by atoms with Crippen LogP contribution in [0.2, 0.25) is 0 Å². The number of aryl methyl sites for hydroxylation is 2. The van der Waals surface area contributed by atoms with Crippen LogP contribution in [0.15, 0.2) is 54.6 Å². The van der Waals surface area contributed by atoms with Crippen LogP contribution in [-0.4, -0.2) is 11.0 Å². The lowest BCUT2D eigenvalue weighted by molar-refractivity contribution is 0.252. The Kier molecular flexibility index (Phi) is 4.91. The number of hydrogen-bond donors (Lipinski definition) is 2. The van der Waals surface area contributed by atoms with Gasteiger partial charge < -0.3 is 10.6 Å². The molecule has 0 aliphatic rings. The highest BCUT2D eigenvalue weighted by molar-refractivity contribution is 7.15. The molecule has 122 valence electrons. The molecule has 2 N–H and O–H groups in total. The largest absolute Gasteiger partial charge is 0.333 e. The van der Waals surface area contributed by atoms with E-state index in [1.54, 1.807) is 11.3 Å². The van der Waals surface area contributed by atoms with Crippen LogP contribution in [0.5, 0.6) is 0 Å². The van der Waals surface area contributed by atoms with E-state index in [0.29, 0.717) is 6.54 Å². The minimum Gasteiger partial charge on any atom is -0.333 e. The Labute approximate surface area is 145 Å². The first-order valence-corrected chi connectivity index (χ1v) is 8.57. The zero-order valence-electron chi connectivity index (χ0n) is 13.7. The monoisotopic (exact) mass is 337 g/mol. The number of nitrogens with one attached hydrogen (secondary N) is 2. The number of carbonyl (C=O) groups is 1. The lowest BCUT2D eigenvalue weighted by atomic mass is 10.2. The molecule has 0 unspecified atom stereocenters. The maximum atomic E-state index is 12.0. The first kappa shape index (κ1) is 16.2. The van der Waals surface area contributed by atoms with Gasteiger partial charge >= 0.3 is 6.03 Å². The molecule has 0 saturated heterocycles. The van der Waals surface area contributed by atoms with Crippen LogP contribution < -0.4 is 10.6 Å². The molecule has 3 aromatic rings. The average Bonchev–Trinajstić information content (AvgIpc) is 2.95. The standard InChI is InChI=1S/C19H19N3OS/c1-13-7-6-10-16(11-13)22-19(23)20-12-17-14(2)21-18(24-17)15-8-4-3-5-9-15/h3-11H,12H2,1-2H3,(H2,20,22,23). The Morgan fingerprint density at radius 1 is 1.08 bits per heavy atom. The zero-order valence-corrected chi connectivity index (χ0v) is 14.5. The van der Waals surface area contributed by atoms with E-state index in [0.717, 1.165) is 32.4 Å². The first-order chi connectivity index (χ1) is 11.6. The van der Waals surface area contributed by atoms with Crippen LogP contribution in [0.25, 0.3) is 10.6 Å². The average molecular weight is 337 g/mol. The molecule has 0 aliphatic heterocycles. The second kappa shape index (κ2) is 7.27. The molecule has 0 spiro atoms. The summed E-state index contributed by atoms with van der Waals surface area (Å²) in [6.07, 6.45) is 0. The summed E-state index contributed by atoms with van der Waals surface area (Å²) in [6.45, 7) is 4.43. The Bertz CT molecular complexity index is 843. The van der Waals surface area contributed by atoms with Gasteiger partial charge in [0.25, 0.3) is 0 Å². The number of aromatic nitrogens is 1. The maximum absolute atomic E-state index is 12.0. The molecule has 5 heteroatoms. The van der Waals surface area contributed by atoms with Gasteiger partial charge in [-0.25, -0.2) is 9.78 Å². The van der Waals surface area contributed by atoms with E-state index in [1.165, 1.54) is 0 Å². The van der Waals surface area contributed by atoms with Crippen molar-refractivity contribution >= 4 is 23.1 Å². The van der Waals surface area contributed by atoms with Crippen molar-refractivity contribution in [3.63, 3.8) is 0 Å². The molecule has 24 heavy (non-hydrogen) atoms. The van der Waals surface area contributed by atoms with Gasteiger partial charge in [0.05, 0.1) is 12.2 Å². The van der Waals surface area contributed by atoms with Crippen LogP contribution in [0.1, 0.15) is 16.1 Å². The van der Waals surface area contributed by atoms with E-state index in [4.69, 9.17) is 0 Å². The number of carbonyl (C=O) groups excluding carboxylic acids is 1. The van der Waals surface area contributed by atoms with Gasteiger partial charge in [-0.3, -0.25) is 0 Å². The zero-order chi connectivity index (χ0) is 16.9. The Hall–Kier alpha value is -2.66. The van der Waals surface area contributed by atoms with E-state index in [-0.39, 0.29) is 6.03 Å². The van der Waals surface area contributed by atoms with E-state index < -0.39 is 0 Å². The fourth-order valence-corrected chi connectivity index (χ4v) is 3.36. The third-order valence-electron chi connectivity index (χ3n) is 3.60. The number of anilines is 1. The molecule has 1 heterocycles. The van der Waals surface area contributed by atoms with E-state index in [2.05, 4.69) is 15.6 Å². The summed E-state index contributed by atoms with van der Waals surface area (Å²) in [5, 5.41) is 6.71. The summed E-state index contributed by atoms with van der Waals surface area (Å²) < 4.78 is 0. The van der Waals surface area contributed by atoms with Crippen molar-refractivity contribution in [1.29, 1.82) is 0 Å². The van der Waals surface area contributed by atoms with Gasteiger partial charge in [-0.15, -0.1) is 11.3 Å². The third-order valence-corrected chi connectivity index (χ3v) is 4.81. The van der Waals surface area contributed by atoms with Crippen molar-refractivity contribution in [2.75, 3.05) is 5.32 Å². The Morgan fingerprint density at radius 2 is 1.88 bits per heavy atom. The van der Waals surface area contributed by atoms with Gasteiger partial charge in [-0.1, -0.05) is 42.5 Å². The topological polar surface area (TPSA) is 54.0 Å². The summed E-state index contributed by atoms with van der Waals surface area (Å²) >= 11 is 1.61. The van der Waals surface area contributed by atoms with Gasteiger partial charge in [0.2, 0.25) is 0 Å². The van der Waals surface area contributed by atoms with E-state index >= 15 is 0 Å². The maximum Gasteiger partial charge on any atom is 0.319 e. The smallest absolute Gasteiger partial charge is 0.319 e. The normalized spacial score (nSPS) is 10.4. The highest BCUT2D eigenvalue weighted by atomic mass is 32.1. The van der Waals surface area contributed by atoms with Crippen molar-refractivity contribution in [1.82, 2.24) is 10.3 Å². The number of urea groups is 1. The molecule has 0 saturated carbocycles. The van der Waals surface area contributed by atoms with Crippen LogP contribution in [0.4, 0.5) is 10.5 Å². The molecule has 1 aromatic heterocycles. The van der Waals surface area contributed by atoms with Gasteiger partial charge in [-0.2, -0.15) is 0 Å². The fraction of sp³-hybridized carbons (Fsp3) is 0.158. The second-order valence-corrected chi connectivity index (χ2v) is 6.65. The number of nitrogens with zero attached hydrogens (tertiary/aromatic N) is 1. The van der Waals surface area contributed by atoms with Gasteiger partial charge in [0, 0.05) is 16.1 Å². The molecule has 0 aliphatic carbocycles. The van der Waals surface area contributed by atoms with Gasteiger partial charge in [0.15, 0.2) is 0 Å². The fourth-order valence-electron chi connectivity index (χ4n) is 2.35. The molecular weight excluding hydrogens is 318 g/mol. The number of amides is 2. The van der Waals surface area contributed by atoms with Crippen LogP contribution in [0, 0.1) is 13.8 Å². The molecule has 2 aromatic carbocycles. The Morgan fingerprint density at radius 3 is 2.62 bits per heavy atom. The summed E-state index contributed by atoms with van der Waals surface area (Å²) in [6, 6.07) is 17.6. The lowest BCUT2D eigenvalue weighted by Gasteiger charge is -2.07. The number of hydrogen-bond acceptors (Lipinski definition) is 3. The van der Waals surface area contributed by atoms with Crippen LogP contribution in [-0.2, 0) is 6.54 Å². The minimum absolute atomic E-state index is 0.213. The second-order valence-electron chi connectivity index (χ2n) is 5.57. The van der Waals surface area contributed by atoms with Crippen LogP contribution >= 0.6 is 11.3 Å². The highest BCUT2D eigenvalue weighted by Crippen LogP contribution is 2.27. The lowest BCUT2D eigenvalue weighted by Crippen LogP contribution is -2.28. The van der Waals surface area contributed by atoms with Crippen molar-refractivity contribution in [3.8, 4) is 10.6 Å². The van der Waals surface area contributed by atoms with Crippen molar-refractivity contribution in [3.05, 3.63) is 70.7 Å². The molecule has 0 bridgehead atoms. The summed E-state index contributed by atoms with van der Waals surface area (Å²) in [7, 11) is 0. The predicted octanol–water partition coefficient (Wildman–Crippen LogP) is 4.75. The molecule has 3 rings (SSSR count). The first-order valence-electron chi connectivity index (χ1n) is 7.75. The summed E-state index contributed by atoms with van der Waals surface area (Å²) in [5.74, 6) is 0. The van der Waals surface area contributed by atoms with Gasteiger partial charge in [0.1, 0.15) is 5.01 Å². The highest BCUT2D eigenvalue weighted by Gasteiger charge is 2.10. The molecule has 0 atom stereocenters. The SMILES string of the molecule is Cc1cccc(NC(=O)NCc2sc(-c3ccccc3)nc2C)c1. The third kappa shape index (κ3) is 4.00. The molecule has 0 fully saturated rings. The minimum atomic E-state index is -0.213.